The molecule has 0 radical (unpaired) electrons. The van der Waals surface area contributed by atoms with E-state index in [0.717, 1.165) is 28.3 Å². The van der Waals surface area contributed by atoms with E-state index in [-0.39, 0.29) is 17.5 Å². The molecule has 0 fully saturated rings. The van der Waals surface area contributed by atoms with Crippen LogP contribution >= 0.6 is 0 Å². The fourth-order valence-electron chi connectivity index (χ4n) is 10.2. The topological polar surface area (TPSA) is 32.3 Å². The molecule has 302 valence electrons. The summed E-state index contributed by atoms with van der Waals surface area (Å²) in [5.74, 6) is 0.700. The molecule has 12 rings (SSSR count). The Hall–Kier alpha value is -7.24. The Morgan fingerprint density at radius 3 is 1.14 bits per heavy atom. The van der Waals surface area contributed by atoms with Crippen LogP contribution in [-0.4, -0.2) is 16.7 Å². The molecule has 0 atom stereocenters. The molecule has 0 saturated heterocycles. The average molecular weight is 811 g/mol. The Morgan fingerprint density at radius 2 is 0.762 bits per heavy atom. The lowest BCUT2D eigenvalue weighted by Gasteiger charge is -2.44. The van der Waals surface area contributed by atoms with Crippen LogP contribution in [-0.2, 0) is 10.8 Å². The van der Waals surface area contributed by atoms with Gasteiger partial charge in [-0.05, 0) is 160 Å². The number of fused-ring (bicyclic) bond motifs is 8. The number of aromatic nitrogens is 2. The third-order valence-electron chi connectivity index (χ3n) is 13.5. The quantitative estimate of drug-likeness (QED) is 0.131. The van der Waals surface area contributed by atoms with Crippen molar-refractivity contribution in [2.24, 2.45) is 0 Å². The highest BCUT2D eigenvalue weighted by molar-refractivity contribution is 7.00. The number of anilines is 6. The molecular formula is C58H47BN4. The molecule has 10 aromatic rings. The second-order valence-corrected chi connectivity index (χ2v) is 19.6. The number of rotatable bonds is 3. The van der Waals surface area contributed by atoms with Crippen LogP contribution in [0.1, 0.15) is 52.7 Å². The van der Waals surface area contributed by atoms with E-state index < -0.39 is 0 Å². The van der Waals surface area contributed by atoms with E-state index in [0.29, 0.717) is 5.82 Å². The first-order valence-electron chi connectivity index (χ1n) is 22.2. The third-order valence-corrected chi connectivity index (χ3v) is 13.5. The normalized spacial score (nSPS) is 13.5. The van der Waals surface area contributed by atoms with Gasteiger partial charge in [0.15, 0.2) is 5.82 Å². The Kier molecular flexibility index (Phi) is 8.12. The van der Waals surface area contributed by atoms with Gasteiger partial charge in [-0.25, -0.2) is 9.97 Å². The molecule has 4 nitrogen and oxygen atoms in total. The van der Waals surface area contributed by atoms with Crippen molar-refractivity contribution in [3.63, 3.8) is 0 Å². The number of benzene rings is 9. The molecule has 0 unspecified atom stereocenters. The van der Waals surface area contributed by atoms with Gasteiger partial charge in [-0.15, -0.1) is 0 Å². The summed E-state index contributed by atoms with van der Waals surface area (Å²) in [4.78, 5) is 14.8. The molecule has 0 aliphatic carbocycles. The highest BCUT2D eigenvalue weighted by Gasteiger charge is 2.44. The first-order chi connectivity index (χ1) is 30.5. The van der Waals surface area contributed by atoms with Crippen molar-refractivity contribution in [1.82, 2.24) is 9.97 Å². The minimum Gasteiger partial charge on any atom is -0.311 e. The van der Waals surface area contributed by atoms with Gasteiger partial charge in [0, 0.05) is 52.1 Å². The molecule has 2 aliphatic rings. The summed E-state index contributed by atoms with van der Waals surface area (Å²) in [6.45, 7) is 13.6. The monoisotopic (exact) mass is 810 g/mol. The zero-order valence-electron chi connectivity index (χ0n) is 36.6. The maximum Gasteiger partial charge on any atom is 0.252 e. The van der Waals surface area contributed by atoms with Gasteiger partial charge in [-0.3, -0.25) is 0 Å². The van der Waals surface area contributed by atoms with Crippen LogP contribution in [0.2, 0.25) is 0 Å². The van der Waals surface area contributed by atoms with E-state index in [1.165, 1.54) is 82.0 Å². The van der Waals surface area contributed by atoms with Crippen LogP contribution < -0.4 is 26.2 Å². The Bertz CT molecular complexity index is 3260. The van der Waals surface area contributed by atoms with Crippen LogP contribution in [0.25, 0.3) is 54.5 Å². The molecule has 0 amide bonds. The maximum absolute atomic E-state index is 4.86. The van der Waals surface area contributed by atoms with Crippen molar-refractivity contribution in [3.8, 4) is 11.4 Å². The molecule has 63 heavy (non-hydrogen) atoms. The Labute approximate surface area is 369 Å². The fraction of sp³-hybridized carbons (Fsp3) is 0.138. The summed E-state index contributed by atoms with van der Waals surface area (Å²) in [7, 11) is 0. The molecule has 0 saturated carbocycles. The lowest BCUT2D eigenvalue weighted by Crippen LogP contribution is -2.61. The molecule has 9 aromatic carbocycles. The van der Waals surface area contributed by atoms with Gasteiger partial charge in [0.25, 0.3) is 6.71 Å². The minimum atomic E-state index is -0.0623. The van der Waals surface area contributed by atoms with Gasteiger partial charge in [0.2, 0.25) is 0 Å². The average Bonchev–Trinajstić information content (AvgIpc) is 3.28. The van der Waals surface area contributed by atoms with Gasteiger partial charge >= 0.3 is 0 Å². The molecule has 3 heterocycles. The second kappa shape index (κ2) is 13.6. The summed E-state index contributed by atoms with van der Waals surface area (Å²) in [6, 6.07) is 61.8. The molecule has 5 heteroatoms. The molecule has 1 aromatic heterocycles. The number of hydrogen-bond acceptors (Lipinski definition) is 4. The lowest BCUT2D eigenvalue weighted by atomic mass is 9.33. The zero-order chi connectivity index (χ0) is 42.8. The summed E-state index contributed by atoms with van der Waals surface area (Å²) >= 11 is 0. The maximum atomic E-state index is 4.86. The van der Waals surface area contributed by atoms with Gasteiger partial charge in [0.05, 0.1) is 0 Å². The second-order valence-electron chi connectivity index (χ2n) is 19.6. The summed E-state index contributed by atoms with van der Waals surface area (Å²) < 4.78 is 0. The molecule has 0 N–H and O–H groups in total. The Morgan fingerprint density at radius 1 is 0.381 bits per heavy atom. The summed E-state index contributed by atoms with van der Waals surface area (Å²) in [6.07, 6.45) is 3.69. The van der Waals surface area contributed by atoms with Crippen LogP contribution in [0.15, 0.2) is 176 Å². The SMILES string of the molecule is CC(C)(C)c1ccc(N2c3cc4cc5ccccc5cc4cc3B3c4cc5cc6ccccc6cc5cc4N(c4ccc(C(C)(C)C)cc4)c4cc(-c5ncccn5)cc2c43)cc1. The van der Waals surface area contributed by atoms with Crippen molar-refractivity contribution < 1.29 is 0 Å². The zero-order valence-corrected chi connectivity index (χ0v) is 36.6. The van der Waals surface area contributed by atoms with Crippen LogP contribution in [0.3, 0.4) is 0 Å². The van der Waals surface area contributed by atoms with E-state index in [1.807, 2.05) is 18.5 Å². The molecule has 0 spiro atoms. The van der Waals surface area contributed by atoms with Crippen molar-refractivity contribution in [3.05, 3.63) is 187 Å². The van der Waals surface area contributed by atoms with Gasteiger partial charge in [-0.2, -0.15) is 0 Å². The molecular weight excluding hydrogens is 763 g/mol. The number of hydrogen-bond donors (Lipinski definition) is 0. The fourth-order valence-corrected chi connectivity index (χ4v) is 10.2. The van der Waals surface area contributed by atoms with Crippen LogP contribution in [0.4, 0.5) is 34.1 Å². The first-order valence-corrected chi connectivity index (χ1v) is 22.2. The number of nitrogens with zero attached hydrogens (tertiary/aromatic N) is 4. The van der Waals surface area contributed by atoms with Crippen molar-refractivity contribution in [1.29, 1.82) is 0 Å². The standard InChI is InChI=1S/C58H47BN4/c1-57(2,3)45-16-20-47(21-17-45)62-51-32-42-28-38-14-9-7-12-36(38)26-40(42)30-49(51)59-50-31-41-27-37-13-8-10-15-39(37)29-43(41)33-52(50)63(48-22-18-46(19-23-48)58(4,5)6)54-35-44(34-53(62)55(54)59)56-60-24-11-25-61-56/h7-35H,1-6H3. The van der Waals surface area contributed by atoms with Crippen molar-refractivity contribution in [2.45, 2.75) is 52.4 Å². The smallest absolute Gasteiger partial charge is 0.252 e. The van der Waals surface area contributed by atoms with Crippen molar-refractivity contribution >= 4 is 100 Å². The summed E-state index contributed by atoms with van der Waals surface area (Å²) in [5, 5.41) is 9.89. The van der Waals surface area contributed by atoms with E-state index in [2.05, 4.69) is 209 Å². The Balaban J connectivity index is 1.22. The lowest BCUT2D eigenvalue weighted by molar-refractivity contribution is 0.590. The van der Waals surface area contributed by atoms with Gasteiger partial charge < -0.3 is 9.80 Å². The van der Waals surface area contributed by atoms with Gasteiger partial charge in [-0.1, -0.05) is 126 Å². The highest BCUT2D eigenvalue weighted by atomic mass is 15.2. The molecule has 2 aliphatic heterocycles. The summed E-state index contributed by atoms with van der Waals surface area (Å²) in [5.41, 5.74) is 14.3. The third kappa shape index (κ3) is 6.05. The van der Waals surface area contributed by atoms with E-state index in [9.17, 15) is 0 Å². The predicted octanol–water partition coefficient (Wildman–Crippen LogP) is 13.4. The largest absolute Gasteiger partial charge is 0.311 e. The van der Waals surface area contributed by atoms with Crippen LogP contribution in [0, 0.1) is 0 Å². The first kappa shape index (κ1) is 37.5. The van der Waals surface area contributed by atoms with E-state index in [1.54, 1.807) is 0 Å². The van der Waals surface area contributed by atoms with E-state index >= 15 is 0 Å². The highest BCUT2D eigenvalue weighted by Crippen LogP contribution is 2.47. The minimum absolute atomic E-state index is 0.0191. The predicted molar refractivity (Wildman–Crippen MR) is 269 cm³/mol. The van der Waals surface area contributed by atoms with E-state index in [4.69, 9.17) is 9.97 Å². The van der Waals surface area contributed by atoms with Crippen LogP contribution in [0.5, 0.6) is 0 Å². The van der Waals surface area contributed by atoms with Crippen molar-refractivity contribution in [2.75, 3.05) is 9.80 Å². The molecule has 0 bridgehead atoms. The van der Waals surface area contributed by atoms with Gasteiger partial charge in [0.1, 0.15) is 0 Å².